The van der Waals surface area contributed by atoms with Gasteiger partial charge >= 0.3 is 0 Å². The zero-order chi connectivity index (χ0) is 13.8. The van der Waals surface area contributed by atoms with Crippen LogP contribution in [-0.4, -0.2) is 53.1 Å². The lowest BCUT2D eigenvalue weighted by Gasteiger charge is -2.29. The van der Waals surface area contributed by atoms with Crippen LogP contribution in [0.2, 0.25) is 0 Å². The molecule has 1 saturated heterocycles. The Morgan fingerprint density at radius 1 is 1.53 bits per heavy atom. The van der Waals surface area contributed by atoms with Crippen LogP contribution in [0.15, 0.2) is 22.8 Å². The summed E-state index contributed by atoms with van der Waals surface area (Å²) in [6, 6.07) is 3.67. The first-order valence-electron chi connectivity index (χ1n) is 6.77. The van der Waals surface area contributed by atoms with Crippen molar-refractivity contribution in [1.29, 1.82) is 0 Å². The molecule has 1 aromatic heterocycles. The van der Waals surface area contributed by atoms with E-state index in [1.165, 1.54) is 0 Å². The molecule has 1 aliphatic heterocycles. The molecule has 1 fully saturated rings. The second-order valence-electron chi connectivity index (χ2n) is 5.19. The first kappa shape index (κ1) is 14.1. The van der Waals surface area contributed by atoms with Crippen LogP contribution in [0.3, 0.4) is 0 Å². The predicted molar refractivity (Wildman–Crippen MR) is 71.5 cm³/mol. The Morgan fingerprint density at radius 2 is 2.32 bits per heavy atom. The van der Waals surface area contributed by atoms with Crippen LogP contribution in [0.5, 0.6) is 0 Å². The Balaban J connectivity index is 2.16. The summed E-state index contributed by atoms with van der Waals surface area (Å²) < 4.78 is 5.34. The number of nitrogens with zero attached hydrogens (tertiary/aromatic N) is 2. The number of aliphatic hydroxyl groups is 1. The lowest BCUT2D eigenvalue weighted by atomic mass is 10.1. The van der Waals surface area contributed by atoms with Gasteiger partial charge in [-0.3, -0.25) is 9.69 Å². The molecule has 2 rings (SSSR count). The van der Waals surface area contributed by atoms with Gasteiger partial charge in [0.15, 0.2) is 0 Å². The molecule has 0 aliphatic carbocycles. The van der Waals surface area contributed by atoms with E-state index in [-0.39, 0.29) is 24.6 Å². The summed E-state index contributed by atoms with van der Waals surface area (Å²) in [5.74, 6) is 0.880. The van der Waals surface area contributed by atoms with E-state index < -0.39 is 0 Å². The summed E-state index contributed by atoms with van der Waals surface area (Å²) in [4.78, 5) is 16.5. The van der Waals surface area contributed by atoms with Crippen molar-refractivity contribution in [3.05, 3.63) is 24.2 Å². The zero-order valence-corrected chi connectivity index (χ0v) is 11.6. The monoisotopic (exact) mass is 266 g/mol. The minimum Gasteiger partial charge on any atom is -0.467 e. The number of hydrogen-bond acceptors (Lipinski definition) is 4. The van der Waals surface area contributed by atoms with Crippen molar-refractivity contribution in [3.63, 3.8) is 0 Å². The molecule has 2 heterocycles. The molecule has 5 heteroatoms. The molecule has 2 atom stereocenters. The fraction of sp³-hybridized carbons (Fsp3) is 0.643. The Labute approximate surface area is 113 Å². The van der Waals surface area contributed by atoms with Crippen LogP contribution in [-0.2, 0) is 11.3 Å². The van der Waals surface area contributed by atoms with Crippen LogP contribution in [0.25, 0.3) is 0 Å². The fourth-order valence-corrected chi connectivity index (χ4v) is 2.57. The van der Waals surface area contributed by atoms with Crippen LogP contribution in [0.4, 0.5) is 0 Å². The van der Waals surface area contributed by atoms with Crippen LogP contribution in [0.1, 0.15) is 25.5 Å². The first-order chi connectivity index (χ1) is 9.13. The van der Waals surface area contributed by atoms with E-state index >= 15 is 0 Å². The maximum atomic E-state index is 12.6. The maximum Gasteiger partial charge on any atom is 0.240 e. The minimum absolute atomic E-state index is 0.0315. The average Bonchev–Trinajstić information content (AvgIpc) is 2.88. The molecule has 1 N–H and O–H groups in total. The van der Waals surface area contributed by atoms with Gasteiger partial charge in [0.1, 0.15) is 5.76 Å². The molecule has 0 bridgehead atoms. The minimum atomic E-state index is -0.232. The largest absolute Gasteiger partial charge is 0.467 e. The number of furan rings is 1. The van der Waals surface area contributed by atoms with Crippen LogP contribution in [0, 0.1) is 0 Å². The van der Waals surface area contributed by atoms with Gasteiger partial charge in [0.25, 0.3) is 0 Å². The second-order valence-corrected chi connectivity index (χ2v) is 5.19. The quantitative estimate of drug-likeness (QED) is 0.886. The van der Waals surface area contributed by atoms with E-state index in [0.717, 1.165) is 18.7 Å². The topological polar surface area (TPSA) is 56.9 Å². The van der Waals surface area contributed by atoms with Gasteiger partial charge in [0.2, 0.25) is 5.91 Å². The van der Waals surface area contributed by atoms with E-state index in [1.54, 1.807) is 6.26 Å². The highest BCUT2D eigenvalue weighted by Crippen LogP contribution is 2.20. The van der Waals surface area contributed by atoms with E-state index in [0.29, 0.717) is 13.0 Å². The molecule has 106 valence electrons. The Bertz CT molecular complexity index is 405. The van der Waals surface area contributed by atoms with Crippen molar-refractivity contribution < 1.29 is 14.3 Å². The number of hydrogen-bond donors (Lipinski definition) is 1. The van der Waals surface area contributed by atoms with E-state index in [9.17, 15) is 4.79 Å². The third kappa shape index (κ3) is 3.16. The van der Waals surface area contributed by atoms with Crippen LogP contribution < -0.4 is 0 Å². The van der Waals surface area contributed by atoms with Gasteiger partial charge in [-0.1, -0.05) is 0 Å². The van der Waals surface area contributed by atoms with Gasteiger partial charge in [0, 0.05) is 19.2 Å². The molecule has 1 aromatic rings. The maximum absolute atomic E-state index is 12.6. The summed E-state index contributed by atoms with van der Waals surface area (Å²) in [5.41, 5.74) is 0. The van der Waals surface area contributed by atoms with Crippen molar-refractivity contribution in [2.75, 3.05) is 20.2 Å². The summed E-state index contributed by atoms with van der Waals surface area (Å²) in [5, 5.41) is 9.14. The summed E-state index contributed by atoms with van der Waals surface area (Å²) in [6.07, 6.45) is 3.04. The molecule has 1 amide bonds. The molecule has 19 heavy (non-hydrogen) atoms. The van der Waals surface area contributed by atoms with Crippen molar-refractivity contribution in [3.8, 4) is 0 Å². The highest BCUT2D eigenvalue weighted by molar-refractivity contribution is 5.82. The van der Waals surface area contributed by atoms with Gasteiger partial charge in [0.05, 0.1) is 18.8 Å². The fourth-order valence-electron chi connectivity index (χ4n) is 2.57. The van der Waals surface area contributed by atoms with Crippen molar-refractivity contribution in [1.82, 2.24) is 9.80 Å². The molecular formula is C14H22N2O3. The Kier molecular flexibility index (Phi) is 4.61. The van der Waals surface area contributed by atoms with Gasteiger partial charge in [-0.15, -0.1) is 0 Å². The lowest BCUT2D eigenvalue weighted by Crippen LogP contribution is -2.46. The first-order valence-corrected chi connectivity index (χ1v) is 6.77. The Hall–Kier alpha value is -1.33. The van der Waals surface area contributed by atoms with Gasteiger partial charge < -0.3 is 14.4 Å². The van der Waals surface area contributed by atoms with Gasteiger partial charge in [-0.25, -0.2) is 0 Å². The van der Waals surface area contributed by atoms with E-state index in [4.69, 9.17) is 9.52 Å². The van der Waals surface area contributed by atoms with Crippen LogP contribution >= 0.6 is 0 Å². The predicted octanol–water partition coefficient (Wildman–Crippen LogP) is 1.08. The number of aliphatic hydroxyl groups excluding tert-OH is 1. The molecule has 0 aromatic carbocycles. The second kappa shape index (κ2) is 6.21. The number of carbonyl (C=O) groups is 1. The number of carbonyl (C=O) groups excluding carboxylic acids is 1. The van der Waals surface area contributed by atoms with Gasteiger partial charge in [-0.05, 0) is 38.9 Å². The summed E-state index contributed by atoms with van der Waals surface area (Å²) >= 11 is 0. The molecule has 1 aliphatic rings. The van der Waals surface area contributed by atoms with Crippen molar-refractivity contribution >= 4 is 5.91 Å². The lowest BCUT2D eigenvalue weighted by molar-refractivity contribution is -0.138. The van der Waals surface area contributed by atoms with E-state index in [1.807, 2.05) is 29.0 Å². The van der Waals surface area contributed by atoms with Crippen molar-refractivity contribution in [2.24, 2.45) is 0 Å². The zero-order valence-electron chi connectivity index (χ0n) is 11.6. The third-order valence-corrected chi connectivity index (χ3v) is 3.84. The average molecular weight is 266 g/mol. The summed E-state index contributed by atoms with van der Waals surface area (Å²) in [7, 11) is 1.95. The SMILES string of the molecule is CC1CCN(C)C(CCO)C(=O)N1Cc1ccco1. The number of likely N-dealkylation sites (N-methyl/N-ethyl adjacent to an activating group) is 1. The molecule has 2 unspecified atom stereocenters. The smallest absolute Gasteiger partial charge is 0.240 e. The molecule has 0 saturated carbocycles. The van der Waals surface area contributed by atoms with E-state index in [2.05, 4.69) is 6.92 Å². The summed E-state index contributed by atoms with van der Waals surface area (Å²) in [6.45, 7) is 3.47. The van der Waals surface area contributed by atoms with Gasteiger partial charge in [-0.2, -0.15) is 0 Å². The highest BCUT2D eigenvalue weighted by Gasteiger charge is 2.33. The third-order valence-electron chi connectivity index (χ3n) is 3.84. The number of rotatable bonds is 4. The molecule has 0 radical (unpaired) electrons. The Morgan fingerprint density at radius 3 is 2.95 bits per heavy atom. The molecular weight excluding hydrogens is 244 g/mol. The molecule has 0 spiro atoms. The molecule has 5 nitrogen and oxygen atoms in total. The number of amides is 1. The standard InChI is InChI=1S/C14H22N2O3/c1-11-5-7-15(2)13(6-8-17)14(18)16(11)10-12-4-3-9-19-12/h3-4,9,11,13,17H,5-8,10H2,1-2H3. The highest BCUT2D eigenvalue weighted by atomic mass is 16.3. The van der Waals surface area contributed by atoms with Crippen molar-refractivity contribution in [2.45, 2.75) is 38.4 Å². The normalized spacial score (nSPS) is 25.6.